The lowest BCUT2D eigenvalue weighted by Gasteiger charge is -2.19. The van der Waals surface area contributed by atoms with E-state index in [0.717, 1.165) is 12.1 Å². The van der Waals surface area contributed by atoms with Crippen LogP contribution in [0.4, 0.5) is 13.2 Å². The molecule has 9 heteroatoms. The van der Waals surface area contributed by atoms with Crippen LogP contribution in [-0.4, -0.2) is 25.0 Å². The Morgan fingerprint density at radius 2 is 1.60 bits per heavy atom. The molecule has 1 aromatic rings. The molecule has 0 atom stereocenters. The summed E-state index contributed by atoms with van der Waals surface area (Å²) in [6, 6.07) is 4.30. The first kappa shape index (κ1) is 16.3. The van der Waals surface area contributed by atoms with E-state index in [1.54, 1.807) is 0 Å². The lowest BCUT2D eigenvalue weighted by atomic mass is 9.85. The van der Waals surface area contributed by atoms with Crippen molar-refractivity contribution in [1.82, 2.24) is 0 Å². The summed E-state index contributed by atoms with van der Waals surface area (Å²) in [6.45, 7) is 2.80. The Labute approximate surface area is 113 Å². The Balaban J connectivity index is 3.03. The third-order valence-corrected chi connectivity index (χ3v) is 3.58. The second-order valence-corrected chi connectivity index (χ2v) is 5.98. The average molecular weight is 312 g/mol. The number of alkyl halides is 3. The number of carbonyl (C=O) groups is 1. The molecule has 1 rings (SSSR count). The molecule has 0 heterocycles. The van der Waals surface area contributed by atoms with Gasteiger partial charge in [0.25, 0.3) is 0 Å². The molecule has 112 valence electrons. The molecule has 0 radical (unpaired) electrons. The molecule has 0 saturated heterocycles. The highest BCUT2D eigenvalue weighted by atomic mass is 32.2. The van der Waals surface area contributed by atoms with E-state index in [-0.39, 0.29) is 0 Å². The summed E-state index contributed by atoms with van der Waals surface area (Å²) in [5, 5.41) is 8.98. The minimum atomic E-state index is -5.73. The molecule has 0 aliphatic rings. The van der Waals surface area contributed by atoms with Crippen LogP contribution in [0.25, 0.3) is 0 Å². The quantitative estimate of drug-likeness (QED) is 0.681. The number of hydrogen-bond acceptors (Lipinski definition) is 4. The van der Waals surface area contributed by atoms with Gasteiger partial charge in [0.05, 0.1) is 5.41 Å². The molecular weight excluding hydrogens is 301 g/mol. The largest absolute Gasteiger partial charge is 0.534 e. The van der Waals surface area contributed by atoms with Gasteiger partial charge in [-0.3, -0.25) is 4.79 Å². The van der Waals surface area contributed by atoms with Crippen molar-refractivity contribution in [3.63, 3.8) is 0 Å². The summed E-state index contributed by atoms with van der Waals surface area (Å²) in [5.74, 6) is -1.68. The minimum Gasteiger partial charge on any atom is -0.481 e. The van der Waals surface area contributed by atoms with Crippen LogP contribution in [-0.2, 0) is 20.3 Å². The van der Waals surface area contributed by atoms with E-state index in [4.69, 9.17) is 5.11 Å². The average Bonchev–Trinajstić information content (AvgIpc) is 2.27. The van der Waals surface area contributed by atoms with E-state index in [9.17, 15) is 26.4 Å². The van der Waals surface area contributed by atoms with Crippen molar-refractivity contribution in [3.05, 3.63) is 29.8 Å². The third kappa shape index (κ3) is 3.21. The number of aliphatic carboxylic acids is 1. The monoisotopic (exact) mass is 312 g/mol. The second-order valence-electron chi connectivity index (χ2n) is 4.44. The maximum Gasteiger partial charge on any atom is 0.534 e. The summed E-state index contributed by atoms with van der Waals surface area (Å²) in [7, 11) is -5.73. The Bertz CT molecular complexity index is 602. The first-order chi connectivity index (χ1) is 8.88. The van der Waals surface area contributed by atoms with E-state index < -0.39 is 32.8 Å². The van der Waals surface area contributed by atoms with Gasteiger partial charge in [-0.1, -0.05) is 12.1 Å². The molecule has 0 bridgehead atoms. The summed E-state index contributed by atoms with van der Waals surface area (Å²) in [4.78, 5) is 11.0. The Morgan fingerprint density at radius 1 is 1.15 bits per heavy atom. The molecule has 1 aromatic carbocycles. The van der Waals surface area contributed by atoms with Crippen LogP contribution in [0, 0.1) is 0 Å². The summed E-state index contributed by atoms with van der Waals surface area (Å²) in [5.41, 5.74) is -6.49. The van der Waals surface area contributed by atoms with Gasteiger partial charge < -0.3 is 9.29 Å². The zero-order chi connectivity index (χ0) is 15.8. The molecular formula is C11H11F3O5S. The molecule has 5 nitrogen and oxygen atoms in total. The van der Waals surface area contributed by atoms with Crippen molar-refractivity contribution in [2.24, 2.45) is 0 Å². The first-order valence-electron chi connectivity index (χ1n) is 5.22. The van der Waals surface area contributed by atoms with Gasteiger partial charge in [0.1, 0.15) is 5.75 Å². The van der Waals surface area contributed by atoms with Crippen LogP contribution in [0.2, 0.25) is 0 Å². The van der Waals surface area contributed by atoms with E-state index in [1.807, 2.05) is 0 Å². The van der Waals surface area contributed by atoms with Crippen LogP contribution >= 0.6 is 0 Å². The Hall–Kier alpha value is -1.77. The van der Waals surface area contributed by atoms with Crippen LogP contribution < -0.4 is 4.18 Å². The van der Waals surface area contributed by atoms with Gasteiger partial charge in [-0.2, -0.15) is 21.6 Å². The van der Waals surface area contributed by atoms with Gasteiger partial charge in [-0.25, -0.2) is 0 Å². The topological polar surface area (TPSA) is 80.7 Å². The number of rotatable bonds is 4. The molecule has 0 fully saturated rings. The fourth-order valence-electron chi connectivity index (χ4n) is 1.22. The van der Waals surface area contributed by atoms with Gasteiger partial charge in [0.15, 0.2) is 0 Å². The zero-order valence-electron chi connectivity index (χ0n) is 10.4. The van der Waals surface area contributed by atoms with Crippen molar-refractivity contribution >= 4 is 16.1 Å². The summed E-state index contributed by atoms with van der Waals surface area (Å²) >= 11 is 0. The van der Waals surface area contributed by atoms with Crippen molar-refractivity contribution in [1.29, 1.82) is 0 Å². The van der Waals surface area contributed by atoms with Crippen LogP contribution in [0.1, 0.15) is 19.4 Å². The predicted octanol–water partition coefficient (Wildman–Crippen LogP) is 2.28. The minimum absolute atomic E-state index is 0.293. The second kappa shape index (κ2) is 4.97. The van der Waals surface area contributed by atoms with Crippen molar-refractivity contribution in [2.75, 3.05) is 0 Å². The van der Waals surface area contributed by atoms with Gasteiger partial charge >= 0.3 is 21.6 Å². The highest BCUT2D eigenvalue weighted by Gasteiger charge is 2.48. The Kier molecular flexibility index (Phi) is 4.04. The van der Waals surface area contributed by atoms with Gasteiger partial charge in [-0.05, 0) is 31.5 Å². The number of benzene rings is 1. The number of hydrogen-bond donors (Lipinski definition) is 1. The van der Waals surface area contributed by atoms with Crippen LogP contribution in [0.15, 0.2) is 24.3 Å². The zero-order valence-corrected chi connectivity index (χ0v) is 11.2. The van der Waals surface area contributed by atoms with E-state index in [2.05, 4.69) is 4.18 Å². The SMILES string of the molecule is CC(C)(C(=O)O)c1ccc(OS(=O)(=O)C(F)(F)F)cc1. The number of carboxylic acids is 1. The van der Waals surface area contributed by atoms with Gasteiger partial charge in [-0.15, -0.1) is 0 Å². The first-order valence-corrected chi connectivity index (χ1v) is 6.63. The van der Waals surface area contributed by atoms with Crippen LogP contribution in [0.5, 0.6) is 5.75 Å². The molecule has 0 unspecified atom stereocenters. The lowest BCUT2D eigenvalue weighted by molar-refractivity contribution is -0.142. The van der Waals surface area contributed by atoms with E-state index >= 15 is 0 Å². The number of carboxylic acid groups (broad SMARTS) is 1. The molecule has 0 aromatic heterocycles. The highest BCUT2D eigenvalue weighted by molar-refractivity contribution is 7.87. The molecule has 1 N–H and O–H groups in total. The summed E-state index contributed by atoms with van der Waals surface area (Å²) in [6.07, 6.45) is 0. The normalized spacial score (nSPS) is 13.1. The van der Waals surface area contributed by atoms with Crippen molar-refractivity contribution in [3.8, 4) is 5.75 Å². The molecule has 0 saturated carbocycles. The smallest absolute Gasteiger partial charge is 0.481 e. The maximum atomic E-state index is 12.1. The van der Waals surface area contributed by atoms with Crippen LogP contribution in [0.3, 0.4) is 0 Å². The van der Waals surface area contributed by atoms with E-state index in [1.165, 1.54) is 26.0 Å². The fourth-order valence-corrected chi connectivity index (χ4v) is 1.68. The number of halogens is 3. The third-order valence-electron chi connectivity index (χ3n) is 2.60. The van der Waals surface area contributed by atoms with Crippen molar-refractivity contribution < 1.29 is 35.7 Å². The molecule has 0 spiro atoms. The fraction of sp³-hybridized carbons (Fsp3) is 0.364. The Morgan fingerprint density at radius 3 is 1.95 bits per heavy atom. The van der Waals surface area contributed by atoms with Gasteiger partial charge in [0.2, 0.25) is 0 Å². The standard InChI is InChI=1S/C11H11F3O5S/c1-10(2,9(15)16)7-3-5-8(6-4-7)19-20(17,18)11(12,13)14/h3-6H,1-2H3,(H,15,16). The van der Waals surface area contributed by atoms with Crippen molar-refractivity contribution in [2.45, 2.75) is 24.8 Å². The van der Waals surface area contributed by atoms with E-state index in [0.29, 0.717) is 5.56 Å². The molecule has 20 heavy (non-hydrogen) atoms. The van der Waals surface area contributed by atoms with Gasteiger partial charge in [0, 0.05) is 0 Å². The molecule has 0 aliphatic carbocycles. The maximum absolute atomic E-state index is 12.1. The lowest BCUT2D eigenvalue weighted by Crippen LogP contribution is -2.29. The summed E-state index contributed by atoms with van der Waals surface area (Å²) < 4.78 is 61.7. The highest BCUT2D eigenvalue weighted by Crippen LogP contribution is 2.29. The predicted molar refractivity (Wildman–Crippen MR) is 62.7 cm³/mol. The molecule has 0 aliphatic heterocycles. The molecule has 0 amide bonds.